The monoisotopic (exact) mass is 384 g/mol. The fraction of sp³-hybridized carbons (Fsp3) is 0.500. The van der Waals surface area contributed by atoms with E-state index in [2.05, 4.69) is 46.0 Å². The van der Waals surface area contributed by atoms with E-state index in [0.29, 0.717) is 18.1 Å². The second kappa shape index (κ2) is 7.31. The molecule has 0 bridgehead atoms. The zero-order valence-corrected chi connectivity index (χ0v) is 16.4. The van der Waals surface area contributed by atoms with Gasteiger partial charge < -0.3 is 10.2 Å². The van der Waals surface area contributed by atoms with Gasteiger partial charge in [0.1, 0.15) is 0 Å². The molecule has 26 heavy (non-hydrogen) atoms. The third kappa shape index (κ3) is 3.41. The molecular weight excluding hydrogens is 360 g/mol. The molecule has 5 rings (SSSR count). The van der Waals surface area contributed by atoms with Crippen LogP contribution in [0.1, 0.15) is 31.2 Å². The molecule has 1 aromatic rings. The van der Waals surface area contributed by atoms with E-state index in [9.17, 15) is 0 Å². The lowest BCUT2D eigenvalue weighted by Crippen LogP contribution is -2.36. The summed E-state index contributed by atoms with van der Waals surface area (Å²) in [4.78, 5) is 12.3. The SMILES string of the molecule is C1=C(CSC2=NC3CCCCC3N2)N2CC(Cc3ccccc3)N=C2S1. The van der Waals surface area contributed by atoms with Crippen molar-refractivity contribution in [3.8, 4) is 0 Å². The first-order valence-electron chi connectivity index (χ1n) is 9.57. The number of nitrogens with zero attached hydrogens (tertiary/aromatic N) is 3. The maximum absolute atomic E-state index is 4.93. The van der Waals surface area contributed by atoms with E-state index < -0.39 is 0 Å². The van der Waals surface area contributed by atoms with Gasteiger partial charge in [0.15, 0.2) is 10.3 Å². The van der Waals surface area contributed by atoms with Gasteiger partial charge in [-0.1, -0.05) is 66.7 Å². The van der Waals surface area contributed by atoms with Crippen molar-refractivity contribution in [2.45, 2.75) is 50.2 Å². The maximum atomic E-state index is 4.93. The van der Waals surface area contributed by atoms with Crippen LogP contribution < -0.4 is 5.32 Å². The molecule has 4 nitrogen and oxygen atoms in total. The third-order valence-electron chi connectivity index (χ3n) is 5.56. The Hall–Kier alpha value is -1.40. The van der Waals surface area contributed by atoms with Crippen molar-refractivity contribution < 1.29 is 0 Å². The lowest BCUT2D eigenvalue weighted by atomic mass is 9.92. The van der Waals surface area contributed by atoms with Crippen molar-refractivity contribution in [3.05, 3.63) is 47.0 Å². The summed E-state index contributed by atoms with van der Waals surface area (Å²) < 4.78 is 0. The van der Waals surface area contributed by atoms with E-state index in [1.165, 1.54) is 42.1 Å². The number of benzene rings is 1. The molecule has 0 aromatic heterocycles. The molecule has 0 radical (unpaired) electrons. The van der Waals surface area contributed by atoms with E-state index in [1.54, 1.807) is 11.8 Å². The molecule has 1 saturated carbocycles. The van der Waals surface area contributed by atoms with Crippen LogP contribution in [-0.2, 0) is 6.42 Å². The number of thioether (sulfide) groups is 2. The Morgan fingerprint density at radius 2 is 2.04 bits per heavy atom. The highest BCUT2D eigenvalue weighted by Gasteiger charge is 2.34. The molecule has 1 aromatic carbocycles. The van der Waals surface area contributed by atoms with Gasteiger partial charge in [-0.25, -0.2) is 0 Å². The van der Waals surface area contributed by atoms with Crippen molar-refractivity contribution in [1.29, 1.82) is 0 Å². The van der Waals surface area contributed by atoms with E-state index in [1.807, 2.05) is 11.8 Å². The molecule has 0 spiro atoms. The fourth-order valence-electron chi connectivity index (χ4n) is 4.18. The number of hydrogen-bond donors (Lipinski definition) is 1. The van der Waals surface area contributed by atoms with Crippen LogP contribution in [0.5, 0.6) is 0 Å². The summed E-state index contributed by atoms with van der Waals surface area (Å²) >= 11 is 3.64. The Bertz CT molecular complexity index is 758. The van der Waals surface area contributed by atoms with E-state index >= 15 is 0 Å². The third-order valence-corrected chi connectivity index (χ3v) is 7.42. The molecular formula is C20H24N4S2. The summed E-state index contributed by atoms with van der Waals surface area (Å²) in [6.45, 7) is 1.01. The summed E-state index contributed by atoms with van der Waals surface area (Å²) in [5.74, 6) is 0.981. The van der Waals surface area contributed by atoms with Gasteiger partial charge in [0.05, 0.1) is 18.1 Å². The number of rotatable bonds is 4. The quantitative estimate of drug-likeness (QED) is 0.856. The Morgan fingerprint density at radius 1 is 1.15 bits per heavy atom. The number of nitrogens with one attached hydrogen (secondary N) is 1. The first kappa shape index (κ1) is 16.8. The van der Waals surface area contributed by atoms with E-state index in [-0.39, 0.29) is 0 Å². The van der Waals surface area contributed by atoms with Crippen molar-refractivity contribution in [2.75, 3.05) is 12.3 Å². The Labute approximate surface area is 163 Å². The zero-order valence-electron chi connectivity index (χ0n) is 14.8. The maximum Gasteiger partial charge on any atom is 0.168 e. The summed E-state index contributed by atoms with van der Waals surface area (Å²) in [5, 5.41) is 8.25. The van der Waals surface area contributed by atoms with Crippen LogP contribution in [-0.4, -0.2) is 45.7 Å². The second-order valence-electron chi connectivity index (χ2n) is 7.42. The molecule has 0 amide bonds. The molecule has 3 heterocycles. The molecule has 136 valence electrons. The Morgan fingerprint density at radius 3 is 2.92 bits per heavy atom. The largest absolute Gasteiger partial charge is 0.360 e. The van der Waals surface area contributed by atoms with Crippen LogP contribution in [0.3, 0.4) is 0 Å². The number of hydrogen-bond acceptors (Lipinski definition) is 6. The van der Waals surface area contributed by atoms with Crippen LogP contribution in [0.25, 0.3) is 0 Å². The average Bonchev–Trinajstić information content (AvgIpc) is 3.34. The Balaban J connectivity index is 1.16. The standard InChI is InChI=1S/C20H24N4S2/c1-2-6-14(7-3-1)10-15-11-24-16(13-26-20(24)21-15)12-25-19-22-17-8-4-5-9-18(17)23-19/h1-3,6-7,13,15,17-18H,4-5,8-12H2,(H,22,23). The van der Waals surface area contributed by atoms with Gasteiger partial charge in [-0.2, -0.15) is 0 Å². The normalized spacial score (nSPS) is 29.6. The van der Waals surface area contributed by atoms with Crippen LogP contribution in [0.15, 0.2) is 51.4 Å². The fourth-order valence-corrected chi connectivity index (χ4v) is 6.24. The van der Waals surface area contributed by atoms with Crippen LogP contribution in [0.4, 0.5) is 0 Å². The molecule has 0 saturated heterocycles. The Kier molecular flexibility index (Phi) is 4.71. The molecule has 3 unspecified atom stereocenters. The van der Waals surface area contributed by atoms with Crippen molar-refractivity contribution in [3.63, 3.8) is 0 Å². The van der Waals surface area contributed by atoms with Crippen LogP contribution in [0.2, 0.25) is 0 Å². The number of aliphatic imine (C=N–C) groups is 2. The van der Waals surface area contributed by atoms with Gasteiger partial charge in [0, 0.05) is 18.0 Å². The minimum Gasteiger partial charge on any atom is -0.360 e. The van der Waals surface area contributed by atoms with Gasteiger partial charge in [0.25, 0.3) is 0 Å². The number of fused-ring (bicyclic) bond motifs is 2. The first-order valence-corrected chi connectivity index (χ1v) is 11.4. The second-order valence-corrected chi connectivity index (χ2v) is 9.22. The van der Waals surface area contributed by atoms with Gasteiger partial charge >= 0.3 is 0 Å². The molecule has 3 atom stereocenters. The topological polar surface area (TPSA) is 40.0 Å². The van der Waals surface area contributed by atoms with Crippen LogP contribution >= 0.6 is 23.5 Å². The predicted octanol–water partition coefficient (Wildman–Crippen LogP) is 3.86. The molecule has 6 heteroatoms. The number of amidine groups is 2. The van der Waals surface area contributed by atoms with Gasteiger partial charge in [-0.3, -0.25) is 9.98 Å². The van der Waals surface area contributed by atoms with E-state index in [0.717, 1.165) is 23.9 Å². The first-order chi connectivity index (χ1) is 12.8. The highest BCUT2D eigenvalue weighted by molar-refractivity contribution is 8.17. The molecule has 1 N–H and O–H groups in total. The summed E-state index contributed by atoms with van der Waals surface area (Å²) in [5.41, 5.74) is 2.76. The molecule has 1 aliphatic carbocycles. The highest BCUT2D eigenvalue weighted by atomic mass is 32.2. The van der Waals surface area contributed by atoms with Crippen LogP contribution in [0, 0.1) is 0 Å². The minimum atomic E-state index is 0.374. The average molecular weight is 385 g/mol. The van der Waals surface area contributed by atoms with Crippen molar-refractivity contribution in [1.82, 2.24) is 10.2 Å². The van der Waals surface area contributed by atoms with Gasteiger partial charge in [-0.15, -0.1) is 0 Å². The molecule has 4 aliphatic rings. The van der Waals surface area contributed by atoms with Gasteiger partial charge in [-0.05, 0) is 30.2 Å². The minimum absolute atomic E-state index is 0.374. The predicted molar refractivity (Wildman–Crippen MR) is 113 cm³/mol. The van der Waals surface area contributed by atoms with Crippen molar-refractivity contribution >= 4 is 33.9 Å². The summed E-state index contributed by atoms with van der Waals surface area (Å²) in [6, 6.07) is 12.2. The molecule has 1 fully saturated rings. The van der Waals surface area contributed by atoms with E-state index in [4.69, 9.17) is 9.98 Å². The summed E-state index contributed by atoms with van der Waals surface area (Å²) in [6.07, 6.45) is 6.24. The zero-order chi connectivity index (χ0) is 17.3. The smallest absolute Gasteiger partial charge is 0.168 e. The lowest BCUT2D eigenvalue weighted by molar-refractivity contribution is 0.385. The lowest BCUT2D eigenvalue weighted by Gasteiger charge is -2.23. The van der Waals surface area contributed by atoms with Gasteiger partial charge in [0.2, 0.25) is 0 Å². The molecule has 3 aliphatic heterocycles. The summed E-state index contributed by atoms with van der Waals surface area (Å²) in [7, 11) is 0. The highest BCUT2D eigenvalue weighted by Crippen LogP contribution is 2.35. The van der Waals surface area contributed by atoms with Crippen molar-refractivity contribution in [2.24, 2.45) is 9.98 Å².